The molecule has 1 fully saturated rings. The molecule has 1 aliphatic rings. The fraction of sp³-hybridized carbons (Fsp3) is 0.538. The Bertz CT molecular complexity index is 363. The molecule has 0 amide bonds. The molecule has 1 aromatic carbocycles. The van der Waals surface area contributed by atoms with Gasteiger partial charge in [0.25, 0.3) is 0 Å². The molecule has 0 aromatic heterocycles. The second-order valence-electron chi connectivity index (χ2n) is 4.96. The van der Waals surface area contributed by atoms with E-state index in [1.807, 2.05) is 6.07 Å². The van der Waals surface area contributed by atoms with Crippen LogP contribution >= 0.6 is 0 Å². The van der Waals surface area contributed by atoms with E-state index in [1.165, 1.54) is 6.07 Å². The molecular weight excluding hydrogens is 205 g/mol. The Labute approximate surface area is 95.8 Å². The van der Waals surface area contributed by atoms with E-state index in [2.05, 4.69) is 19.2 Å². The Hall–Kier alpha value is -0.930. The summed E-state index contributed by atoms with van der Waals surface area (Å²) < 4.78 is 18.2. The SMILES string of the molecule is C[C@@H](NCC1(C)COC1)c1cccc(F)c1. The van der Waals surface area contributed by atoms with Crippen molar-refractivity contribution in [2.75, 3.05) is 19.8 Å². The van der Waals surface area contributed by atoms with Crippen LogP contribution in [-0.2, 0) is 4.74 Å². The first-order valence-corrected chi connectivity index (χ1v) is 5.66. The van der Waals surface area contributed by atoms with E-state index in [0.29, 0.717) is 0 Å². The second kappa shape index (κ2) is 4.52. The Morgan fingerprint density at radius 2 is 2.25 bits per heavy atom. The van der Waals surface area contributed by atoms with Gasteiger partial charge in [-0.2, -0.15) is 0 Å². The van der Waals surface area contributed by atoms with Crippen LogP contribution < -0.4 is 5.32 Å². The van der Waals surface area contributed by atoms with E-state index in [0.717, 1.165) is 25.3 Å². The predicted molar refractivity (Wildman–Crippen MR) is 61.7 cm³/mol. The highest BCUT2D eigenvalue weighted by molar-refractivity contribution is 5.19. The summed E-state index contributed by atoms with van der Waals surface area (Å²) in [5.41, 5.74) is 1.24. The van der Waals surface area contributed by atoms with Crippen molar-refractivity contribution in [1.29, 1.82) is 0 Å². The monoisotopic (exact) mass is 223 g/mol. The van der Waals surface area contributed by atoms with Crippen LogP contribution in [0.5, 0.6) is 0 Å². The van der Waals surface area contributed by atoms with Gasteiger partial charge in [0.05, 0.1) is 13.2 Å². The van der Waals surface area contributed by atoms with Gasteiger partial charge in [0.2, 0.25) is 0 Å². The van der Waals surface area contributed by atoms with Crippen LogP contribution in [-0.4, -0.2) is 19.8 Å². The third kappa shape index (κ3) is 2.60. The van der Waals surface area contributed by atoms with Gasteiger partial charge >= 0.3 is 0 Å². The quantitative estimate of drug-likeness (QED) is 0.846. The Morgan fingerprint density at radius 3 is 2.81 bits per heavy atom. The van der Waals surface area contributed by atoms with Gasteiger partial charge in [-0.3, -0.25) is 0 Å². The van der Waals surface area contributed by atoms with Crippen molar-refractivity contribution in [2.45, 2.75) is 19.9 Å². The molecule has 1 saturated heterocycles. The van der Waals surface area contributed by atoms with E-state index in [-0.39, 0.29) is 17.3 Å². The molecule has 0 aliphatic carbocycles. The lowest BCUT2D eigenvalue weighted by atomic mass is 9.88. The molecule has 16 heavy (non-hydrogen) atoms. The van der Waals surface area contributed by atoms with Gasteiger partial charge in [-0.25, -0.2) is 4.39 Å². The zero-order valence-corrected chi connectivity index (χ0v) is 9.79. The van der Waals surface area contributed by atoms with Crippen molar-refractivity contribution in [1.82, 2.24) is 5.32 Å². The zero-order valence-electron chi connectivity index (χ0n) is 9.79. The van der Waals surface area contributed by atoms with Gasteiger partial charge in [0.15, 0.2) is 0 Å². The second-order valence-corrected chi connectivity index (χ2v) is 4.96. The van der Waals surface area contributed by atoms with Gasteiger partial charge in [0, 0.05) is 18.0 Å². The summed E-state index contributed by atoms with van der Waals surface area (Å²) in [5, 5.41) is 3.42. The number of ether oxygens (including phenoxy) is 1. The molecule has 1 heterocycles. The van der Waals surface area contributed by atoms with Crippen LogP contribution in [0, 0.1) is 11.2 Å². The van der Waals surface area contributed by atoms with Gasteiger partial charge in [0.1, 0.15) is 5.82 Å². The summed E-state index contributed by atoms with van der Waals surface area (Å²) in [6.45, 7) is 6.79. The molecular formula is C13H18FNO. The fourth-order valence-corrected chi connectivity index (χ4v) is 1.85. The van der Waals surface area contributed by atoms with E-state index in [9.17, 15) is 4.39 Å². The zero-order chi connectivity index (χ0) is 11.6. The Morgan fingerprint density at radius 1 is 1.50 bits per heavy atom. The molecule has 1 atom stereocenters. The summed E-state index contributed by atoms with van der Waals surface area (Å²) in [7, 11) is 0. The maximum Gasteiger partial charge on any atom is 0.123 e. The average Bonchev–Trinajstić information content (AvgIpc) is 2.23. The molecule has 0 spiro atoms. The summed E-state index contributed by atoms with van der Waals surface area (Å²) in [6.07, 6.45) is 0. The smallest absolute Gasteiger partial charge is 0.123 e. The van der Waals surface area contributed by atoms with Crippen LogP contribution in [0.25, 0.3) is 0 Å². The van der Waals surface area contributed by atoms with Crippen molar-refractivity contribution in [3.63, 3.8) is 0 Å². The number of hydrogen-bond acceptors (Lipinski definition) is 2. The Balaban J connectivity index is 1.90. The molecule has 2 nitrogen and oxygen atoms in total. The standard InChI is InChI=1S/C13H18FNO/c1-10(11-4-3-5-12(14)6-11)15-7-13(2)8-16-9-13/h3-6,10,15H,7-9H2,1-2H3/t10-/m1/s1. The first-order chi connectivity index (χ1) is 7.59. The lowest BCUT2D eigenvalue weighted by Crippen LogP contribution is -2.47. The van der Waals surface area contributed by atoms with Crippen LogP contribution in [0.4, 0.5) is 4.39 Å². The molecule has 0 saturated carbocycles. The van der Waals surface area contributed by atoms with Crippen molar-refractivity contribution >= 4 is 0 Å². The van der Waals surface area contributed by atoms with E-state index in [1.54, 1.807) is 12.1 Å². The van der Waals surface area contributed by atoms with E-state index >= 15 is 0 Å². The molecule has 1 aliphatic heterocycles. The topological polar surface area (TPSA) is 21.3 Å². The highest BCUT2D eigenvalue weighted by Gasteiger charge is 2.33. The van der Waals surface area contributed by atoms with Crippen molar-refractivity contribution in [3.05, 3.63) is 35.6 Å². The summed E-state index contributed by atoms with van der Waals surface area (Å²) in [6, 6.07) is 6.92. The van der Waals surface area contributed by atoms with Crippen LogP contribution in [0.2, 0.25) is 0 Å². The maximum atomic E-state index is 13.0. The van der Waals surface area contributed by atoms with Crippen LogP contribution in [0.3, 0.4) is 0 Å². The third-order valence-electron chi connectivity index (χ3n) is 3.08. The average molecular weight is 223 g/mol. The minimum atomic E-state index is -0.177. The fourth-order valence-electron chi connectivity index (χ4n) is 1.85. The van der Waals surface area contributed by atoms with Gasteiger partial charge in [-0.15, -0.1) is 0 Å². The first kappa shape index (κ1) is 11.6. The molecule has 0 bridgehead atoms. The minimum absolute atomic E-state index is 0.174. The molecule has 0 radical (unpaired) electrons. The summed E-state index contributed by atoms with van der Waals surface area (Å²) >= 11 is 0. The number of rotatable bonds is 4. The minimum Gasteiger partial charge on any atom is -0.380 e. The third-order valence-corrected chi connectivity index (χ3v) is 3.08. The van der Waals surface area contributed by atoms with E-state index in [4.69, 9.17) is 4.74 Å². The highest BCUT2D eigenvalue weighted by atomic mass is 19.1. The van der Waals surface area contributed by atoms with Crippen molar-refractivity contribution in [3.8, 4) is 0 Å². The molecule has 2 rings (SSSR count). The van der Waals surface area contributed by atoms with Crippen LogP contribution in [0.15, 0.2) is 24.3 Å². The van der Waals surface area contributed by atoms with Crippen LogP contribution in [0.1, 0.15) is 25.5 Å². The lowest BCUT2D eigenvalue weighted by Gasteiger charge is -2.39. The van der Waals surface area contributed by atoms with E-state index < -0.39 is 0 Å². The largest absolute Gasteiger partial charge is 0.380 e. The lowest BCUT2D eigenvalue weighted by molar-refractivity contribution is -0.0999. The number of nitrogens with one attached hydrogen (secondary N) is 1. The predicted octanol–water partition coefficient (Wildman–Crippen LogP) is 2.51. The summed E-state index contributed by atoms with van der Waals surface area (Å²) in [5.74, 6) is -0.177. The molecule has 88 valence electrons. The molecule has 3 heteroatoms. The highest BCUT2D eigenvalue weighted by Crippen LogP contribution is 2.26. The van der Waals surface area contributed by atoms with Crippen molar-refractivity contribution in [2.24, 2.45) is 5.41 Å². The first-order valence-electron chi connectivity index (χ1n) is 5.66. The van der Waals surface area contributed by atoms with Gasteiger partial charge < -0.3 is 10.1 Å². The van der Waals surface area contributed by atoms with Gasteiger partial charge in [-0.05, 0) is 24.6 Å². The van der Waals surface area contributed by atoms with Crippen molar-refractivity contribution < 1.29 is 9.13 Å². The number of halogens is 1. The normalized spacial score (nSPS) is 20.2. The molecule has 1 N–H and O–H groups in total. The van der Waals surface area contributed by atoms with Gasteiger partial charge in [-0.1, -0.05) is 19.1 Å². The maximum absolute atomic E-state index is 13.0. The molecule has 1 aromatic rings. The number of benzene rings is 1. The Kier molecular flexibility index (Phi) is 3.26. The number of hydrogen-bond donors (Lipinski definition) is 1. The summed E-state index contributed by atoms with van der Waals surface area (Å²) in [4.78, 5) is 0. The molecule has 0 unspecified atom stereocenters.